The van der Waals surface area contributed by atoms with Crippen molar-refractivity contribution in [3.05, 3.63) is 64.0 Å². The Balaban J connectivity index is 0.714. The molecule has 4 aliphatic heterocycles. The number of rotatable bonds is 18. The van der Waals surface area contributed by atoms with E-state index in [1.54, 1.807) is 17.8 Å². The third kappa shape index (κ3) is 12.7. The molecule has 1 unspecified atom stereocenters. The van der Waals surface area contributed by atoms with Gasteiger partial charge in [-0.3, -0.25) is 29.4 Å². The summed E-state index contributed by atoms with van der Waals surface area (Å²) in [5.41, 5.74) is 2.09. The van der Waals surface area contributed by atoms with Crippen molar-refractivity contribution in [1.29, 1.82) is 0 Å². The molecule has 1 atom stereocenters. The first-order valence-electron chi connectivity index (χ1n) is 21.7. The van der Waals surface area contributed by atoms with Crippen LogP contribution in [0.5, 0.6) is 5.75 Å². The van der Waals surface area contributed by atoms with Crippen molar-refractivity contribution in [3.63, 3.8) is 0 Å². The molecule has 0 bridgehead atoms. The Labute approximate surface area is 350 Å². The number of carbonyl (C=O) groups excluding carboxylic acids is 3. The molecule has 15 heteroatoms. The van der Waals surface area contributed by atoms with Crippen molar-refractivity contribution in [2.75, 3.05) is 71.0 Å². The van der Waals surface area contributed by atoms with Crippen molar-refractivity contribution < 1.29 is 28.2 Å². The molecule has 320 valence electrons. The van der Waals surface area contributed by atoms with E-state index in [4.69, 9.17) is 9.47 Å². The lowest BCUT2D eigenvalue weighted by atomic mass is 9.89. The van der Waals surface area contributed by atoms with Crippen LogP contribution in [0.25, 0.3) is 10.9 Å². The number of thioether (sulfide) groups is 1. The van der Waals surface area contributed by atoms with Gasteiger partial charge in [-0.25, -0.2) is 9.37 Å². The second-order valence-electron chi connectivity index (χ2n) is 16.6. The molecule has 59 heavy (non-hydrogen) atoms. The molecule has 0 aliphatic carbocycles. The lowest BCUT2D eigenvalue weighted by Crippen LogP contribution is -2.47. The number of ether oxygens (including phenoxy) is 2. The highest BCUT2D eigenvalue weighted by Gasteiger charge is 2.27. The molecule has 3 aromatic rings. The number of imide groups is 1. The quantitative estimate of drug-likeness (QED) is 0.0970. The first kappa shape index (κ1) is 43.1. The zero-order valence-corrected chi connectivity index (χ0v) is 34.9. The van der Waals surface area contributed by atoms with E-state index in [0.29, 0.717) is 85.7 Å². The average molecular weight is 834 g/mol. The summed E-state index contributed by atoms with van der Waals surface area (Å²) in [6.45, 7) is 8.06. The van der Waals surface area contributed by atoms with Crippen LogP contribution in [-0.4, -0.2) is 114 Å². The van der Waals surface area contributed by atoms with Crippen LogP contribution in [0.2, 0.25) is 0 Å². The number of unbranched alkanes of at least 4 members (excludes halogenated alkanes) is 3. The molecule has 1 aromatic heterocycles. The number of H-pyrrole nitrogens is 1. The van der Waals surface area contributed by atoms with Crippen LogP contribution in [0.15, 0.2) is 41.2 Å². The van der Waals surface area contributed by atoms with E-state index in [1.807, 2.05) is 12.1 Å². The maximum atomic E-state index is 14.9. The number of aromatic nitrogens is 2. The minimum Gasteiger partial charge on any atom is -0.493 e. The van der Waals surface area contributed by atoms with Crippen LogP contribution in [0.4, 0.5) is 10.1 Å². The summed E-state index contributed by atoms with van der Waals surface area (Å²) in [7, 11) is 0. The number of hydrogen-bond donors (Lipinski definition) is 4. The number of benzene rings is 2. The van der Waals surface area contributed by atoms with Crippen LogP contribution in [0.1, 0.15) is 94.4 Å². The maximum Gasteiger partial charge on any atom is 0.261 e. The monoisotopic (exact) mass is 833 g/mol. The van der Waals surface area contributed by atoms with Gasteiger partial charge in [0.1, 0.15) is 28.8 Å². The molecular formula is C44H60FN7O6S. The average Bonchev–Trinajstić information content (AvgIpc) is 3.24. The Morgan fingerprint density at radius 3 is 2.42 bits per heavy atom. The molecule has 2 aromatic carbocycles. The van der Waals surface area contributed by atoms with E-state index in [2.05, 4.69) is 47.9 Å². The van der Waals surface area contributed by atoms with Gasteiger partial charge >= 0.3 is 0 Å². The summed E-state index contributed by atoms with van der Waals surface area (Å²) < 4.78 is 26.2. The Hall–Kier alpha value is -4.05. The number of carbonyl (C=O) groups is 3. The molecule has 4 saturated heterocycles. The molecule has 7 rings (SSSR count). The number of fused-ring (bicyclic) bond motifs is 1. The summed E-state index contributed by atoms with van der Waals surface area (Å²) in [5, 5.41) is 9.12. The minimum atomic E-state index is -0.626. The minimum absolute atomic E-state index is 0.0443. The number of nitrogens with one attached hydrogen (secondary N) is 4. The van der Waals surface area contributed by atoms with Crippen LogP contribution in [-0.2, 0) is 24.9 Å². The van der Waals surface area contributed by atoms with Gasteiger partial charge in [0.15, 0.2) is 0 Å². The number of anilines is 1. The normalized spacial score (nSPS) is 20.5. The van der Waals surface area contributed by atoms with Gasteiger partial charge in [0, 0.05) is 49.2 Å². The fourth-order valence-corrected chi connectivity index (χ4v) is 9.71. The molecule has 4 N–H and O–H groups in total. The Bertz CT molecular complexity index is 1930. The Kier molecular flexibility index (Phi) is 15.7. The molecular weight excluding hydrogens is 774 g/mol. The second kappa shape index (κ2) is 21.5. The lowest BCUT2D eigenvalue weighted by Gasteiger charge is -2.32. The highest BCUT2D eigenvalue weighted by molar-refractivity contribution is 7.99. The van der Waals surface area contributed by atoms with E-state index in [9.17, 15) is 23.6 Å². The first-order valence-corrected chi connectivity index (χ1v) is 22.8. The summed E-state index contributed by atoms with van der Waals surface area (Å²) in [6.07, 6.45) is 11.3. The van der Waals surface area contributed by atoms with Crippen LogP contribution >= 0.6 is 11.8 Å². The van der Waals surface area contributed by atoms with Crippen molar-refractivity contribution in [2.24, 2.45) is 5.92 Å². The summed E-state index contributed by atoms with van der Waals surface area (Å²) in [4.78, 5) is 61.1. The van der Waals surface area contributed by atoms with Crippen LogP contribution < -0.4 is 26.2 Å². The predicted octanol–water partition coefficient (Wildman–Crippen LogP) is 5.34. The fraction of sp³-hybridized carbons (Fsp3) is 0.614. The summed E-state index contributed by atoms with van der Waals surface area (Å²) >= 11 is 1.74. The molecule has 0 spiro atoms. The summed E-state index contributed by atoms with van der Waals surface area (Å²) in [6, 6.07) is 11.0. The first-order chi connectivity index (χ1) is 28.8. The van der Waals surface area contributed by atoms with Gasteiger partial charge in [-0.15, -0.1) is 0 Å². The third-order valence-corrected chi connectivity index (χ3v) is 13.6. The number of piperidine rings is 3. The van der Waals surface area contributed by atoms with Gasteiger partial charge in [0.05, 0.1) is 24.4 Å². The third-order valence-electron chi connectivity index (χ3n) is 12.2. The molecule has 5 heterocycles. The van der Waals surface area contributed by atoms with Gasteiger partial charge in [-0.1, -0.05) is 25.0 Å². The van der Waals surface area contributed by atoms with Gasteiger partial charge in [-0.05, 0) is 120 Å². The van der Waals surface area contributed by atoms with Crippen LogP contribution in [0, 0.1) is 11.7 Å². The Morgan fingerprint density at radius 1 is 0.915 bits per heavy atom. The van der Waals surface area contributed by atoms with Crippen molar-refractivity contribution in [1.82, 2.24) is 30.4 Å². The topological polar surface area (TPSA) is 158 Å². The Morgan fingerprint density at radius 2 is 1.66 bits per heavy atom. The van der Waals surface area contributed by atoms with E-state index in [1.165, 1.54) is 18.1 Å². The highest BCUT2D eigenvalue weighted by atomic mass is 32.2. The summed E-state index contributed by atoms with van der Waals surface area (Å²) in [5.74, 6) is 1.36. The molecule has 4 aliphatic rings. The van der Waals surface area contributed by atoms with Crippen molar-refractivity contribution in [2.45, 2.75) is 100 Å². The second-order valence-corrected chi connectivity index (χ2v) is 17.9. The predicted molar refractivity (Wildman–Crippen MR) is 228 cm³/mol. The van der Waals surface area contributed by atoms with Gasteiger partial charge in [-0.2, -0.15) is 11.8 Å². The fourth-order valence-electron chi connectivity index (χ4n) is 8.63. The SMILES string of the molecule is O=C(CN1CCC(SCc2nc3cc(OCC4CCOCC4)cc(F)c3c(=O)[nH]2)CC1)NCCCCCCN1CCC(c2ccc(NC3CCC(=O)NC3=O)cc2)CC1. The van der Waals surface area contributed by atoms with Gasteiger partial charge in [0.25, 0.3) is 5.56 Å². The smallest absolute Gasteiger partial charge is 0.261 e. The van der Waals surface area contributed by atoms with Crippen LogP contribution in [0.3, 0.4) is 0 Å². The van der Waals surface area contributed by atoms with Gasteiger partial charge in [0.2, 0.25) is 17.7 Å². The molecule has 4 fully saturated rings. The molecule has 3 amide bonds. The zero-order valence-electron chi connectivity index (χ0n) is 34.1. The van der Waals surface area contributed by atoms with E-state index < -0.39 is 11.4 Å². The standard InChI is InChI=1S/C44H60FN7O6S/c45-36-25-34(58-28-30-15-23-57-24-16-30)26-38-42(36)44(56)49-39(48-38)29-59-35-13-21-52(22-14-35)27-41(54)46-17-3-1-2-4-18-51-19-11-32(12-20-51)31-5-7-33(8-6-31)47-37-9-10-40(53)50-43(37)55/h5-8,25-26,30,32,35,37,47H,1-4,9-24,27-29H2,(H,46,54)(H,48,49,56)(H,50,53,55). The number of likely N-dealkylation sites (tertiary alicyclic amines) is 2. The molecule has 13 nitrogen and oxygen atoms in total. The molecule has 0 radical (unpaired) electrons. The number of nitrogens with zero attached hydrogens (tertiary/aromatic N) is 3. The highest BCUT2D eigenvalue weighted by Crippen LogP contribution is 2.30. The van der Waals surface area contributed by atoms with Gasteiger partial charge < -0.3 is 30.0 Å². The van der Waals surface area contributed by atoms with Crippen molar-refractivity contribution >= 4 is 46.1 Å². The number of amides is 3. The van der Waals surface area contributed by atoms with E-state index in [0.717, 1.165) is 96.2 Å². The van der Waals surface area contributed by atoms with E-state index in [-0.39, 0.29) is 29.1 Å². The largest absolute Gasteiger partial charge is 0.493 e. The maximum absolute atomic E-state index is 14.9. The lowest BCUT2D eigenvalue weighted by molar-refractivity contribution is -0.133. The number of halogens is 1. The number of hydrogen-bond acceptors (Lipinski definition) is 11. The number of aromatic amines is 1. The van der Waals surface area contributed by atoms with E-state index >= 15 is 0 Å². The zero-order chi connectivity index (χ0) is 41.0. The van der Waals surface area contributed by atoms with Crippen molar-refractivity contribution in [3.8, 4) is 5.75 Å². The molecule has 0 saturated carbocycles.